The van der Waals surface area contributed by atoms with E-state index in [1.165, 1.54) is 0 Å². The zero-order valence-electron chi connectivity index (χ0n) is 8.61. The van der Waals surface area contributed by atoms with E-state index < -0.39 is 0 Å². The van der Waals surface area contributed by atoms with E-state index >= 15 is 0 Å². The van der Waals surface area contributed by atoms with Gasteiger partial charge in [-0.05, 0) is 48.2 Å². The second-order valence-electron chi connectivity index (χ2n) is 4.12. The highest BCUT2D eigenvalue weighted by atomic mass is 79.9. The summed E-state index contributed by atoms with van der Waals surface area (Å²) in [6.45, 7) is 1.80. The fourth-order valence-corrected chi connectivity index (χ4v) is 2.76. The Labute approximate surface area is 96.9 Å². The Balaban J connectivity index is 2.47. The van der Waals surface area contributed by atoms with E-state index in [4.69, 9.17) is 0 Å². The predicted molar refractivity (Wildman–Crippen MR) is 62.0 cm³/mol. The second kappa shape index (κ2) is 4.10. The van der Waals surface area contributed by atoms with Crippen molar-refractivity contribution in [2.75, 3.05) is 0 Å². The molecule has 1 N–H and O–H groups in total. The van der Waals surface area contributed by atoms with Gasteiger partial charge in [0.15, 0.2) is 0 Å². The van der Waals surface area contributed by atoms with Gasteiger partial charge in [-0.1, -0.05) is 0 Å². The summed E-state index contributed by atoms with van der Waals surface area (Å²) in [7, 11) is 0. The number of rotatable bonds is 1. The molecule has 2 atom stereocenters. The molecule has 0 radical (unpaired) electrons. The van der Waals surface area contributed by atoms with Gasteiger partial charge in [0.1, 0.15) is 0 Å². The molecule has 1 fully saturated rings. The molecule has 3 nitrogen and oxygen atoms in total. The fourth-order valence-electron chi connectivity index (χ4n) is 2.19. The Kier molecular flexibility index (Phi) is 2.98. The molecule has 1 aromatic heterocycles. The van der Waals surface area contributed by atoms with Gasteiger partial charge in [0.25, 0.3) is 5.56 Å². The van der Waals surface area contributed by atoms with Crippen LogP contribution in [0.3, 0.4) is 0 Å². The van der Waals surface area contributed by atoms with Crippen LogP contribution in [0.15, 0.2) is 21.5 Å². The molecule has 0 bridgehead atoms. The minimum atomic E-state index is -0.378. The number of nitrogens with zero attached hydrogens (tertiary/aromatic N) is 1. The molecule has 0 unspecified atom stereocenters. The van der Waals surface area contributed by atoms with Gasteiger partial charge in [-0.15, -0.1) is 0 Å². The zero-order valence-corrected chi connectivity index (χ0v) is 10.2. The maximum atomic E-state index is 11.9. The van der Waals surface area contributed by atoms with Crippen LogP contribution >= 0.6 is 15.9 Å². The molecule has 2 rings (SSSR count). The van der Waals surface area contributed by atoms with Crippen molar-refractivity contribution in [2.24, 2.45) is 0 Å². The lowest BCUT2D eigenvalue weighted by molar-refractivity contribution is 0.134. The third-order valence-corrected chi connectivity index (χ3v) is 3.42. The first-order chi connectivity index (χ1) is 7.09. The van der Waals surface area contributed by atoms with Crippen molar-refractivity contribution in [2.45, 2.75) is 38.3 Å². The number of aryl methyl sites for hydroxylation is 1. The molecule has 1 heterocycles. The van der Waals surface area contributed by atoms with E-state index in [0.717, 1.165) is 23.7 Å². The molecule has 0 spiro atoms. The van der Waals surface area contributed by atoms with Crippen molar-refractivity contribution in [1.82, 2.24) is 4.57 Å². The average molecular weight is 272 g/mol. The molecular weight excluding hydrogens is 258 g/mol. The van der Waals surface area contributed by atoms with Crippen LogP contribution in [0.5, 0.6) is 0 Å². The molecule has 0 aromatic carbocycles. The number of hydrogen-bond donors (Lipinski definition) is 1. The van der Waals surface area contributed by atoms with Crippen LogP contribution in [0.25, 0.3) is 0 Å². The van der Waals surface area contributed by atoms with E-state index in [0.29, 0.717) is 5.56 Å². The van der Waals surface area contributed by atoms with Gasteiger partial charge >= 0.3 is 0 Å². The average Bonchev–Trinajstić information content (AvgIpc) is 2.58. The lowest BCUT2D eigenvalue weighted by Crippen LogP contribution is -2.30. The smallest absolute Gasteiger partial charge is 0.253 e. The first kappa shape index (κ1) is 10.9. The van der Waals surface area contributed by atoms with Crippen molar-refractivity contribution in [3.8, 4) is 0 Å². The van der Waals surface area contributed by atoms with Crippen LogP contribution in [0.4, 0.5) is 0 Å². The summed E-state index contributed by atoms with van der Waals surface area (Å²) in [5.41, 5.74) is 0.715. The summed E-state index contributed by atoms with van der Waals surface area (Å²) < 4.78 is 2.55. The standard InChI is InChI=1S/C11H14BrNO2/c1-7-5-8(12)6-13(11(7)15)9-3-2-4-10(9)14/h5-6,9-10,14H,2-4H2,1H3/t9-,10-/m0/s1. The molecule has 1 aliphatic rings. The molecule has 1 aromatic rings. The van der Waals surface area contributed by atoms with Crippen LogP contribution in [-0.4, -0.2) is 15.8 Å². The lowest BCUT2D eigenvalue weighted by Gasteiger charge is -2.18. The summed E-state index contributed by atoms with van der Waals surface area (Å²) in [5, 5.41) is 9.77. The van der Waals surface area contributed by atoms with E-state index in [1.807, 2.05) is 0 Å². The van der Waals surface area contributed by atoms with Crippen LogP contribution < -0.4 is 5.56 Å². The Morgan fingerprint density at radius 2 is 2.27 bits per heavy atom. The minimum Gasteiger partial charge on any atom is -0.391 e. The van der Waals surface area contributed by atoms with Gasteiger partial charge in [0.05, 0.1) is 12.1 Å². The number of pyridine rings is 1. The zero-order chi connectivity index (χ0) is 11.0. The van der Waals surface area contributed by atoms with Crippen LogP contribution in [-0.2, 0) is 0 Å². The quantitative estimate of drug-likeness (QED) is 0.849. The maximum Gasteiger partial charge on any atom is 0.253 e. The van der Waals surface area contributed by atoms with Gasteiger partial charge in [-0.2, -0.15) is 0 Å². The van der Waals surface area contributed by atoms with Crippen molar-refractivity contribution >= 4 is 15.9 Å². The van der Waals surface area contributed by atoms with E-state index in [-0.39, 0.29) is 17.7 Å². The number of halogens is 1. The first-order valence-corrected chi connectivity index (χ1v) is 5.95. The van der Waals surface area contributed by atoms with Crippen LogP contribution in [0.1, 0.15) is 30.9 Å². The molecule has 4 heteroatoms. The number of hydrogen-bond acceptors (Lipinski definition) is 2. The third kappa shape index (κ3) is 2.01. The normalized spacial score (nSPS) is 25.8. The van der Waals surface area contributed by atoms with E-state index in [9.17, 15) is 9.90 Å². The highest BCUT2D eigenvalue weighted by molar-refractivity contribution is 9.10. The van der Waals surface area contributed by atoms with Crippen molar-refractivity contribution < 1.29 is 5.11 Å². The molecule has 1 aliphatic carbocycles. The third-order valence-electron chi connectivity index (χ3n) is 2.99. The lowest BCUT2D eigenvalue weighted by atomic mass is 10.2. The first-order valence-electron chi connectivity index (χ1n) is 5.16. The summed E-state index contributed by atoms with van der Waals surface area (Å²) in [6, 6.07) is 1.76. The molecular formula is C11H14BrNO2. The SMILES string of the molecule is Cc1cc(Br)cn([C@H]2CCC[C@@H]2O)c1=O. The second-order valence-corrected chi connectivity index (χ2v) is 5.04. The molecule has 1 saturated carbocycles. The molecule has 0 aliphatic heterocycles. The summed E-state index contributed by atoms with van der Waals surface area (Å²) >= 11 is 3.37. The molecule has 82 valence electrons. The number of aromatic nitrogens is 1. The Morgan fingerprint density at radius 1 is 1.53 bits per heavy atom. The summed E-state index contributed by atoms with van der Waals surface area (Å²) in [4.78, 5) is 11.9. The maximum absolute atomic E-state index is 11.9. The van der Waals surface area contributed by atoms with Crippen LogP contribution in [0, 0.1) is 6.92 Å². The highest BCUT2D eigenvalue weighted by Gasteiger charge is 2.27. The number of aliphatic hydroxyl groups excluding tert-OH is 1. The fraction of sp³-hybridized carbons (Fsp3) is 0.545. The minimum absolute atomic E-state index is 0.00384. The monoisotopic (exact) mass is 271 g/mol. The molecule has 0 saturated heterocycles. The van der Waals surface area contributed by atoms with E-state index in [1.54, 1.807) is 23.8 Å². The summed E-state index contributed by atoms with van der Waals surface area (Å²) in [6.07, 6.45) is 4.06. The topological polar surface area (TPSA) is 42.2 Å². The summed E-state index contributed by atoms with van der Waals surface area (Å²) in [5.74, 6) is 0. The largest absolute Gasteiger partial charge is 0.391 e. The Hall–Kier alpha value is -0.610. The number of aliphatic hydroxyl groups is 1. The Morgan fingerprint density at radius 3 is 2.87 bits per heavy atom. The van der Waals surface area contributed by atoms with Gasteiger partial charge in [-0.25, -0.2) is 0 Å². The van der Waals surface area contributed by atoms with Crippen molar-refractivity contribution in [3.05, 3.63) is 32.7 Å². The van der Waals surface area contributed by atoms with Crippen molar-refractivity contribution in [1.29, 1.82) is 0 Å². The molecule has 0 amide bonds. The highest BCUT2D eigenvalue weighted by Crippen LogP contribution is 2.29. The van der Waals surface area contributed by atoms with Crippen LogP contribution in [0.2, 0.25) is 0 Å². The Bertz CT molecular complexity index is 427. The van der Waals surface area contributed by atoms with E-state index in [2.05, 4.69) is 15.9 Å². The van der Waals surface area contributed by atoms with Gasteiger partial charge in [0, 0.05) is 16.2 Å². The predicted octanol–water partition coefficient (Wildman–Crippen LogP) is 2.01. The van der Waals surface area contributed by atoms with Gasteiger partial charge in [0.2, 0.25) is 0 Å². The molecule has 15 heavy (non-hydrogen) atoms. The van der Waals surface area contributed by atoms with Gasteiger partial charge in [-0.3, -0.25) is 4.79 Å². The van der Waals surface area contributed by atoms with Gasteiger partial charge < -0.3 is 9.67 Å². The van der Waals surface area contributed by atoms with Crippen molar-refractivity contribution in [3.63, 3.8) is 0 Å².